The summed E-state index contributed by atoms with van der Waals surface area (Å²) >= 11 is 0. The van der Waals surface area contributed by atoms with Gasteiger partial charge in [-0.1, -0.05) is 0 Å². The zero-order valence-corrected chi connectivity index (χ0v) is 16.9. The number of likely N-dealkylation sites (N-methyl/N-ethyl adjacent to an activating group) is 1. The topological polar surface area (TPSA) is 73.0 Å². The van der Waals surface area contributed by atoms with E-state index < -0.39 is 15.1 Å². The lowest BCUT2D eigenvalue weighted by Crippen LogP contribution is -2.49. The minimum absolute atomic E-state index is 0.185. The SMILES string of the molecule is CN(C)CCNC(=O)N1CCCC(S(=O)(=O)c2ccc(N(C)C)cc2)C1. The van der Waals surface area contributed by atoms with Crippen LogP contribution in [0.2, 0.25) is 0 Å². The molecule has 0 bridgehead atoms. The van der Waals surface area contributed by atoms with E-state index in [4.69, 9.17) is 0 Å². The van der Waals surface area contributed by atoms with Crippen LogP contribution in [0.25, 0.3) is 0 Å². The van der Waals surface area contributed by atoms with Crippen LogP contribution in [0.15, 0.2) is 29.2 Å². The highest BCUT2D eigenvalue weighted by molar-refractivity contribution is 7.92. The van der Waals surface area contributed by atoms with Crippen molar-refractivity contribution in [3.05, 3.63) is 24.3 Å². The van der Waals surface area contributed by atoms with Crippen molar-refractivity contribution in [1.82, 2.24) is 15.1 Å². The fourth-order valence-corrected chi connectivity index (χ4v) is 4.75. The minimum atomic E-state index is -3.45. The first kappa shape index (κ1) is 20.5. The predicted octanol–water partition coefficient (Wildman–Crippen LogP) is 1.26. The molecule has 2 rings (SSSR count). The molecule has 1 unspecified atom stereocenters. The lowest BCUT2D eigenvalue weighted by Gasteiger charge is -2.32. The quantitative estimate of drug-likeness (QED) is 0.802. The summed E-state index contributed by atoms with van der Waals surface area (Å²) in [5, 5.41) is 2.31. The first-order valence-corrected chi connectivity index (χ1v) is 10.4. The second-order valence-electron chi connectivity index (χ2n) is 7.18. The third-order valence-corrected chi connectivity index (χ3v) is 6.81. The summed E-state index contributed by atoms with van der Waals surface area (Å²) in [6.45, 7) is 2.14. The van der Waals surface area contributed by atoms with Crippen LogP contribution in [-0.4, -0.2) is 83.9 Å². The molecule has 1 aliphatic heterocycles. The maximum atomic E-state index is 13.0. The van der Waals surface area contributed by atoms with E-state index >= 15 is 0 Å². The average molecular weight is 383 g/mol. The third-order valence-electron chi connectivity index (χ3n) is 4.62. The molecule has 8 heteroatoms. The van der Waals surface area contributed by atoms with Gasteiger partial charge in [0.15, 0.2) is 9.84 Å². The smallest absolute Gasteiger partial charge is 0.317 e. The molecule has 1 saturated heterocycles. The first-order valence-electron chi connectivity index (χ1n) is 8.90. The van der Waals surface area contributed by atoms with E-state index in [2.05, 4.69) is 5.32 Å². The number of anilines is 1. The number of sulfone groups is 1. The number of hydrogen-bond donors (Lipinski definition) is 1. The Labute approximate surface area is 156 Å². The number of hydrogen-bond acceptors (Lipinski definition) is 5. The number of benzene rings is 1. The van der Waals surface area contributed by atoms with Crippen LogP contribution in [0.4, 0.5) is 10.5 Å². The van der Waals surface area contributed by atoms with E-state index in [1.807, 2.05) is 38.0 Å². The highest BCUT2D eigenvalue weighted by atomic mass is 32.2. The molecule has 0 aromatic heterocycles. The van der Waals surface area contributed by atoms with Crippen LogP contribution in [0.3, 0.4) is 0 Å². The monoisotopic (exact) mass is 382 g/mol. The van der Waals surface area contributed by atoms with Crippen LogP contribution in [0, 0.1) is 0 Å². The molecule has 1 aliphatic rings. The van der Waals surface area contributed by atoms with Crippen molar-refractivity contribution in [2.45, 2.75) is 23.0 Å². The molecule has 0 spiro atoms. The maximum absolute atomic E-state index is 13.0. The Bertz CT molecular complexity index is 702. The molecule has 1 fully saturated rings. The Morgan fingerprint density at radius 3 is 2.42 bits per heavy atom. The van der Waals surface area contributed by atoms with Gasteiger partial charge in [-0.25, -0.2) is 13.2 Å². The van der Waals surface area contributed by atoms with Crippen molar-refractivity contribution in [2.24, 2.45) is 0 Å². The average Bonchev–Trinajstić information content (AvgIpc) is 2.61. The maximum Gasteiger partial charge on any atom is 0.317 e. The van der Waals surface area contributed by atoms with E-state index in [0.717, 1.165) is 12.2 Å². The van der Waals surface area contributed by atoms with Crippen molar-refractivity contribution < 1.29 is 13.2 Å². The lowest BCUT2D eigenvalue weighted by molar-refractivity contribution is 0.186. The number of nitrogens with one attached hydrogen (secondary N) is 1. The van der Waals surface area contributed by atoms with Crippen LogP contribution in [0.1, 0.15) is 12.8 Å². The van der Waals surface area contributed by atoms with Gasteiger partial charge in [-0.15, -0.1) is 0 Å². The Balaban J connectivity index is 2.04. The summed E-state index contributed by atoms with van der Waals surface area (Å²) in [6, 6.07) is 6.74. The van der Waals surface area contributed by atoms with Crippen LogP contribution < -0.4 is 10.2 Å². The molecule has 0 saturated carbocycles. The van der Waals surface area contributed by atoms with Gasteiger partial charge in [-0.05, 0) is 51.2 Å². The third kappa shape index (κ3) is 5.11. The Kier molecular flexibility index (Phi) is 6.88. The highest BCUT2D eigenvalue weighted by Crippen LogP contribution is 2.25. The second-order valence-corrected chi connectivity index (χ2v) is 9.41. The van der Waals surface area contributed by atoms with Crippen molar-refractivity contribution in [3.63, 3.8) is 0 Å². The van der Waals surface area contributed by atoms with Gasteiger partial charge in [-0.2, -0.15) is 0 Å². The lowest BCUT2D eigenvalue weighted by atomic mass is 10.1. The number of nitrogens with zero attached hydrogens (tertiary/aromatic N) is 3. The van der Waals surface area contributed by atoms with E-state index in [9.17, 15) is 13.2 Å². The summed E-state index contributed by atoms with van der Waals surface area (Å²) in [7, 11) is 4.26. The number of carbonyl (C=O) groups excluding carboxylic acids is 1. The zero-order valence-electron chi connectivity index (χ0n) is 16.1. The van der Waals surface area contributed by atoms with Crippen LogP contribution in [-0.2, 0) is 9.84 Å². The zero-order chi connectivity index (χ0) is 19.3. The summed E-state index contributed by atoms with van der Waals surface area (Å²) in [5.74, 6) is 0. The van der Waals surface area contributed by atoms with Crippen molar-refractivity contribution >= 4 is 21.6 Å². The molecule has 1 heterocycles. The molecule has 1 aromatic rings. The number of urea groups is 1. The number of amides is 2. The van der Waals surface area contributed by atoms with Crippen molar-refractivity contribution in [2.75, 3.05) is 59.3 Å². The first-order chi connectivity index (χ1) is 12.2. The fraction of sp³-hybridized carbons (Fsp3) is 0.611. The van der Waals surface area contributed by atoms with Gasteiger partial charge in [-0.3, -0.25) is 0 Å². The van der Waals surface area contributed by atoms with E-state index in [1.54, 1.807) is 29.2 Å². The van der Waals surface area contributed by atoms with Gasteiger partial charge in [0.05, 0.1) is 10.1 Å². The van der Waals surface area contributed by atoms with E-state index in [0.29, 0.717) is 30.8 Å². The molecule has 1 atom stereocenters. The van der Waals surface area contributed by atoms with Gasteiger partial charge in [0.25, 0.3) is 0 Å². The summed E-state index contributed by atoms with van der Waals surface area (Å²) in [6.07, 6.45) is 1.28. The standard InChI is InChI=1S/C18H30N4O3S/c1-20(2)13-11-19-18(23)22-12-5-6-17(14-22)26(24,25)16-9-7-15(8-10-16)21(3)4/h7-10,17H,5-6,11-14H2,1-4H3,(H,19,23). The molecule has 26 heavy (non-hydrogen) atoms. The number of rotatable bonds is 6. The summed E-state index contributed by atoms with van der Waals surface area (Å²) in [4.78, 5) is 18.2. The molecule has 146 valence electrons. The molecule has 1 N–H and O–H groups in total. The summed E-state index contributed by atoms with van der Waals surface area (Å²) in [5.41, 5.74) is 0.953. The van der Waals surface area contributed by atoms with Crippen molar-refractivity contribution in [3.8, 4) is 0 Å². The molecular weight excluding hydrogens is 352 g/mol. The second kappa shape index (κ2) is 8.73. The van der Waals surface area contributed by atoms with E-state index in [-0.39, 0.29) is 12.6 Å². The van der Waals surface area contributed by atoms with Crippen LogP contribution in [0.5, 0.6) is 0 Å². The number of carbonyl (C=O) groups is 1. The molecule has 1 aromatic carbocycles. The molecule has 7 nitrogen and oxygen atoms in total. The normalized spacial score (nSPS) is 18.0. The molecule has 0 aliphatic carbocycles. The van der Waals surface area contributed by atoms with Crippen molar-refractivity contribution in [1.29, 1.82) is 0 Å². The fourth-order valence-electron chi connectivity index (χ4n) is 3.00. The van der Waals surface area contributed by atoms with Gasteiger partial charge >= 0.3 is 6.03 Å². The number of piperidine rings is 1. The summed E-state index contributed by atoms with van der Waals surface area (Å²) < 4.78 is 25.9. The van der Waals surface area contributed by atoms with Gasteiger partial charge in [0, 0.05) is 46.0 Å². The molecule has 2 amide bonds. The molecular formula is C18H30N4O3S. The Hall–Kier alpha value is -1.80. The van der Waals surface area contributed by atoms with Crippen LogP contribution >= 0.6 is 0 Å². The van der Waals surface area contributed by atoms with E-state index in [1.165, 1.54) is 0 Å². The van der Waals surface area contributed by atoms with Gasteiger partial charge in [0.2, 0.25) is 0 Å². The molecule has 0 radical (unpaired) electrons. The largest absolute Gasteiger partial charge is 0.378 e. The predicted molar refractivity (Wildman–Crippen MR) is 105 cm³/mol. The Morgan fingerprint density at radius 2 is 1.85 bits per heavy atom. The van der Waals surface area contributed by atoms with Gasteiger partial charge < -0.3 is 20.0 Å². The highest BCUT2D eigenvalue weighted by Gasteiger charge is 2.33. The Morgan fingerprint density at radius 1 is 1.19 bits per heavy atom. The van der Waals surface area contributed by atoms with Gasteiger partial charge in [0.1, 0.15) is 0 Å². The number of likely N-dealkylation sites (tertiary alicyclic amines) is 1. The minimum Gasteiger partial charge on any atom is -0.378 e.